The van der Waals surface area contributed by atoms with Crippen LogP contribution in [-0.2, 0) is 14.4 Å². The van der Waals surface area contributed by atoms with Crippen molar-refractivity contribution in [2.24, 2.45) is 0 Å². The molecule has 1 aromatic heterocycles. The summed E-state index contributed by atoms with van der Waals surface area (Å²) < 4.78 is 16.1. The molecule has 3 aromatic rings. The van der Waals surface area contributed by atoms with Crippen molar-refractivity contribution in [2.75, 3.05) is 26.8 Å². The Morgan fingerprint density at radius 2 is 1.70 bits per heavy atom. The molecule has 172 valence electrons. The van der Waals surface area contributed by atoms with E-state index in [4.69, 9.17) is 19.0 Å². The average Bonchev–Trinajstić information content (AvgIpc) is 2.81. The zero-order chi connectivity index (χ0) is 24.0. The highest BCUT2D eigenvalue weighted by atomic mass is 16.5. The van der Waals surface area contributed by atoms with Crippen molar-refractivity contribution in [2.45, 2.75) is 6.92 Å². The fourth-order valence-corrected chi connectivity index (χ4v) is 3.12. The number of hydrogen-bond donors (Lipinski definition) is 3. The monoisotopic (exact) mass is 454 g/mol. The molecule has 0 fully saturated rings. The molecule has 3 rings (SSSR count). The summed E-state index contributed by atoms with van der Waals surface area (Å²) in [4.78, 5) is 46.1. The zero-order valence-corrected chi connectivity index (χ0v) is 18.0. The number of hydrogen-bond acceptors (Lipinski definition) is 7. The lowest BCUT2D eigenvalue weighted by atomic mass is 10.00. The molecule has 0 unspecified atom stereocenters. The van der Waals surface area contributed by atoms with Crippen LogP contribution in [0.4, 0.5) is 0 Å². The Morgan fingerprint density at radius 1 is 1.00 bits per heavy atom. The number of rotatable bonds is 9. The van der Waals surface area contributed by atoms with Gasteiger partial charge in [-0.05, 0) is 42.3 Å². The third kappa shape index (κ3) is 5.88. The number of aliphatic carboxylic acids is 1. The van der Waals surface area contributed by atoms with Crippen molar-refractivity contribution in [3.8, 4) is 22.6 Å². The summed E-state index contributed by atoms with van der Waals surface area (Å²) in [5.74, 6) is -1.38. The van der Waals surface area contributed by atoms with Gasteiger partial charge in [0.1, 0.15) is 23.6 Å². The maximum absolute atomic E-state index is 12.2. The fraction of sp³-hybridized carbons (Fsp3) is 0.217. The number of carbonyl (C=O) groups is 3. The van der Waals surface area contributed by atoms with Gasteiger partial charge in [0.25, 0.3) is 5.91 Å². The van der Waals surface area contributed by atoms with E-state index in [-0.39, 0.29) is 13.2 Å². The standard InChI is InChI=1S/C23H22N2O8/c1-13-18(32-12-20(27)24-10-19(26)25-11-21(28)29)8-7-16-17(9-22(30)33-23(13)16)14-3-5-15(31-2)6-4-14/h3-9H,10-12H2,1-2H3,(H,24,27)(H,25,26)(H,28,29). The highest BCUT2D eigenvalue weighted by Gasteiger charge is 2.15. The van der Waals surface area contributed by atoms with Crippen LogP contribution in [0.3, 0.4) is 0 Å². The van der Waals surface area contributed by atoms with E-state index in [1.807, 2.05) is 12.1 Å². The van der Waals surface area contributed by atoms with Crippen molar-refractivity contribution < 1.29 is 33.4 Å². The Labute approximate surface area is 188 Å². The van der Waals surface area contributed by atoms with Gasteiger partial charge in [-0.1, -0.05) is 12.1 Å². The Balaban J connectivity index is 1.74. The quantitative estimate of drug-likeness (QED) is 0.412. The van der Waals surface area contributed by atoms with Gasteiger partial charge in [-0.3, -0.25) is 14.4 Å². The van der Waals surface area contributed by atoms with Gasteiger partial charge in [-0.2, -0.15) is 0 Å². The van der Waals surface area contributed by atoms with Crippen LogP contribution in [0, 0.1) is 6.92 Å². The van der Waals surface area contributed by atoms with E-state index in [1.54, 1.807) is 38.3 Å². The van der Waals surface area contributed by atoms with E-state index in [0.29, 0.717) is 33.6 Å². The number of aryl methyl sites for hydroxylation is 1. The van der Waals surface area contributed by atoms with E-state index in [2.05, 4.69) is 10.6 Å². The average molecular weight is 454 g/mol. The molecule has 0 spiro atoms. The molecule has 0 aliphatic carbocycles. The van der Waals surface area contributed by atoms with Crippen LogP contribution in [0.15, 0.2) is 51.7 Å². The van der Waals surface area contributed by atoms with Gasteiger partial charge in [0, 0.05) is 17.0 Å². The van der Waals surface area contributed by atoms with Crippen molar-refractivity contribution in [1.82, 2.24) is 10.6 Å². The summed E-state index contributed by atoms with van der Waals surface area (Å²) in [5.41, 5.74) is 1.83. The summed E-state index contributed by atoms with van der Waals surface area (Å²) >= 11 is 0. The molecule has 3 N–H and O–H groups in total. The molecule has 10 nitrogen and oxygen atoms in total. The molecule has 1 heterocycles. The third-order valence-electron chi connectivity index (χ3n) is 4.75. The van der Waals surface area contributed by atoms with E-state index in [0.717, 1.165) is 5.56 Å². The molecular weight excluding hydrogens is 432 g/mol. The van der Waals surface area contributed by atoms with E-state index in [1.165, 1.54) is 6.07 Å². The van der Waals surface area contributed by atoms with Gasteiger partial charge >= 0.3 is 11.6 Å². The number of fused-ring (bicyclic) bond motifs is 1. The van der Waals surface area contributed by atoms with Crippen LogP contribution in [0.1, 0.15) is 5.56 Å². The van der Waals surface area contributed by atoms with Crippen LogP contribution < -0.4 is 25.7 Å². The first-order chi connectivity index (χ1) is 15.8. The summed E-state index contributed by atoms with van der Waals surface area (Å²) in [6.45, 7) is 0.397. The molecule has 0 saturated carbocycles. The first-order valence-electron chi connectivity index (χ1n) is 9.88. The van der Waals surface area contributed by atoms with Gasteiger partial charge in [-0.25, -0.2) is 4.79 Å². The van der Waals surface area contributed by atoms with Crippen LogP contribution in [0.25, 0.3) is 22.1 Å². The molecule has 0 saturated heterocycles. The number of nitrogens with one attached hydrogen (secondary N) is 2. The molecule has 33 heavy (non-hydrogen) atoms. The number of benzene rings is 2. The number of carboxylic acids is 1. The predicted octanol–water partition coefficient (Wildman–Crippen LogP) is 1.47. The predicted molar refractivity (Wildman–Crippen MR) is 118 cm³/mol. The second kappa shape index (κ2) is 10.3. The molecule has 0 bridgehead atoms. The zero-order valence-electron chi connectivity index (χ0n) is 18.0. The maximum atomic E-state index is 12.2. The van der Waals surface area contributed by atoms with Gasteiger partial charge in [-0.15, -0.1) is 0 Å². The summed E-state index contributed by atoms with van der Waals surface area (Å²) in [6, 6.07) is 12.1. The van der Waals surface area contributed by atoms with E-state index < -0.39 is 30.0 Å². The highest BCUT2D eigenvalue weighted by Crippen LogP contribution is 2.33. The molecule has 2 amide bonds. The van der Waals surface area contributed by atoms with Crippen molar-refractivity contribution in [3.63, 3.8) is 0 Å². The number of amides is 2. The first-order valence-corrected chi connectivity index (χ1v) is 9.88. The van der Waals surface area contributed by atoms with Gasteiger partial charge < -0.3 is 29.6 Å². The summed E-state index contributed by atoms with van der Waals surface area (Å²) in [6.07, 6.45) is 0. The Hall–Kier alpha value is -4.34. The second-order valence-corrected chi connectivity index (χ2v) is 7.01. The molecule has 10 heteroatoms. The molecule has 2 aromatic carbocycles. The Kier molecular flexibility index (Phi) is 7.29. The maximum Gasteiger partial charge on any atom is 0.336 e. The minimum absolute atomic E-state index is 0.333. The lowest BCUT2D eigenvalue weighted by Gasteiger charge is -2.13. The van der Waals surface area contributed by atoms with Crippen LogP contribution in [-0.4, -0.2) is 49.7 Å². The molecule has 0 aliphatic rings. The molecule has 0 aliphatic heterocycles. The topological polar surface area (TPSA) is 144 Å². The molecule has 0 atom stereocenters. The van der Waals surface area contributed by atoms with Crippen molar-refractivity contribution >= 4 is 28.8 Å². The summed E-state index contributed by atoms with van der Waals surface area (Å²) in [7, 11) is 1.57. The minimum Gasteiger partial charge on any atom is -0.497 e. The third-order valence-corrected chi connectivity index (χ3v) is 4.75. The van der Waals surface area contributed by atoms with Gasteiger partial charge in [0.05, 0.1) is 13.7 Å². The second-order valence-electron chi connectivity index (χ2n) is 7.01. The normalized spacial score (nSPS) is 10.5. The Morgan fingerprint density at radius 3 is 2.36 bits per heavy atom. The Bertz CT molecular complexity index is 1250. The minimum atomic E-state index is -1.19. The van der Waals surface area contributed by atoms with Crippen LogP contribution in [0.2, 0.25) is 0 Å². The number of ether oxygens (including phenoxy) is 2. The van der Waals surface area contributed by atoms with E-state index >= 15 is 0 Å². The van der Waals surface area contributed by atoms with Gasteiger partial charge in [0.2, 0.25) is 5.91 Å². The van der Waals surface area contributed by atoms with Crippen molar-refractivity contribution in [3.05, 3.63) is 58.4 Å². The molecular formula is C23H22N2O8. The first kappa shape index (κ1) is 23.3. The van der Waals surface area contributed by atoms with Gasteiger partial charge in [0.15, 0.2) is 6.61 Å². The van der Waals surface area contributed by atoms with Crippen LogP contribution >= 0.6 is 0 Å². The number of carboxylic acid groups (broad SMARTS) is 1. The highest BCUT2D eigenvalue weighted by molar-refractivity contribution is 5.95. The van der Waals surface area contributed by atoms with Crippen molar-refractivity contribution in [1.29, 1.82) is 0 Å². The SMILES string of the molecule is COc1ccc(-c2cc(=O)oc3c(C)c(OCC(=O)NCC(=O)NCC(=O)O)ccc23)cc1. The summed E-state index contributed by atoms with van der Waals surface area (Å²) in [5, 5.41) is 13.7. The fourth-order valence-electron chi connectivity index (χ4n) is 3.12. The lowest BCUT2D eigenvalue weighted by molar-refractivity contribution is -0.137. The smallest absolute Gasteiger partial charge is 0.336 e. The number of methoxy groups -OCH3 is 1. The van der Waals surface area contributed by atoms with E-state index in [9.17, 15) is 19.2 Å². The van der Waals surface area contributed by atoms with Crippen LogP contribution in [0.5, 0.6) is 11.5 Å². The molecule has 0 radical (unpaired) electrons. The number of carbonyl (C=O) groups excluding carboxylic acids is 2. The lowest BCUT2D eigenvalue weighted by Crippen LogP contribution is -2.40. The largest absolute Gasteiger partial charge is 0.497 e.